The quantitative estimate of drug-likeness (QED) is 0.611. The number of carbonyl (C=O) groups is 1. The number of hydrogen-bond donors (Lipinski definition) is 1. The first-order valence-corrected chi connectivity index (χ1v) is 6.11. The highest BCUT2D eigenvalue weighted by Gasteiger charge is 2.35. The molecular weight excluding hydrogens is 226 g/mol. The minimum absolute atomic E-state index is 0.130. The van der Waals surface area contributed by atoms with Gasteiger partial charge in [0.1, 0.15) is 4.87 Å². The van der Waals surface area contributed by atoms with Gasteiger partial charge >= 0.3 is 6.09 Å². The number of nitrogens with zero attached hydrogens (tertiary/aromatic N) is 2. The molecule has 0 aromatic rings. The lowest BCUT2D eigenvalue weighted by atomic mass is 10.2. The van der Waals surface area contributed by atoms with Crippen LogP contribution in [0.2, 0.25) is 0 Å². The maximum absolute atomic E-state index is 10.9. The minimum atomic E-state index is -0.564. The summed E-state index contributed by atoms with van der Waals surface area (Å²) < 4.78 is 0. The standard InChI is InChI=1S/C10H17N3O2S/c1-5-10(6-2)12-7(3)8(16-10)13-15-9(14)11-4/h5-6H2,1-4H3,(H,11,14). The van der Waals surface area contributed by atoms with Crippen LogP contribution in [0.25, 0.3) is 0 Å². The van der Waals surface area contributed by atoms with E-state index < -0.39 is 6.09 Å². The zero-order valence-corrected chi connectivity index (χ0v) is 10.8. The average Bonchev–Trinajstić information content (AvgIpc) is 2.63. The van der Waals surface area contributed by atoms with Gasteiger partial charge in [-0.25, -0.2) is 4.79 Å². The van der Waals surface area contributed by atoms with E-state index in [9.17, 15) is 4.79 Å². The second kappa shape index (κ2) is 5.34. The Morgan fingerprint density at radius 1 is 1.56 bits per heavy atom. The Kier molecular flexibility index (Phi) is 4.35. The van der Waals surface area contributed by atoms with Gasteiger partial charge in [-0.05, 0) is 19.8 Å². The molecule has 1 N–H and O–H groups in total. The van der Waals surface area contributed by atoms with Crippen LogP contribution in [0.1, 0.15) is 33.6 Å². The summed E-state index contributed by atoms with van der Waals surface area (Å²) in [6.45, 7) is 6.07. The van der Waals surface area contributed by atoms with Crippen LogP contribution in [-0.2, 0) is 4.84 Å². The van der Waals surface area contributed by atoms with E-state index in [1.165, 1.54) is 7.05 Å². The van der Waals surface area contributed by atoms with Crippen molar-refractivity contribution in [1.82, 2.24) is 5.32 Å². The van der Waals surface area contributed by atoms with Gasteiger partial charge in [0.15, 0.2) is 5.04 Å². The van der Waals surface area contributed by atoms with Crippen LogP contribution < -0.4 is 5.32 Å². The molecule has 6 heteroatoms. The smallest absolute Gasteiger partial charge is 0.323 e. The minimum Gasteiger partial charge on any atom is -0.323 e. The van der Waals surface area contributed by atoms with Crippen molar-refractivity contribution in [3.8, 4) is 0 Å². The Morgan fingerprint density at radius 2 is 2.19 bits per heavy atom. The molecule has 0 aromatic carbocycles. The second-order valence-corrected chi connectivity index (χ2v) is 4.83. The Morgan fingerprint density at radius 3 is 2.62 bits per heavy atom. The van der Waals surface area contributed by atoms with Gasteiger partial charge in [0.25, 0.3) is 0 Å². The topological polar surface area (TPSA) is 63.1 Å². The summed E-state index contributed by atoms with van der Waals surface area (Å²) in [5.41, 5.74) is 0.831. The monoisotopic (exact) mass is 243 g/mol. The summed E-state index contributed by atoms with van der Waals surface area (Å²) in [6, 6.07) is 0. The normalized spacial score (nSPS) is 20.8. The number of nitrogens with one attached hydrogen (secondary N) is 1. The molecule has 0 unspecified atom stereocenters. The molecule has 1 aliphatic heterocycles. The Labute approximate surface area is 99.7 Å². The summed E-state index contributed by atoms with van der Waals surface area (Å²) in [6.07, 6.45) is 1.31. The van der Waals surface area contributed by atoms with Gasteiger partial charge < -0.3 is 5.32 Å². The molecule has 0 atom stereocenters. The molecule has 16 heavy (non-hydrogen) atoms. The van der Waals surface area contributed by atoms with Crippen molar-refractivity contribution in [2.24, 2.45) is 10.1 Å². The summed E-state index contributed by atoms with van der Waals surface area (Å²) >= 11 is 1.56. The van der Waals surface area contributed by atoms with Crippen LogP contribution in [0, 0.1) is 0 Å². The first kappa shape index (κ1) is 13.0. The highest BCUT2D eigenvalue weighted by Crippen LogP contribution is 2.40. The van der Waals surface area contributed by atoms with Crippen molar-refractivity contribution in [1.29, 1.82) is 0 Å². The number of amides is 1. The van der Waals surface area contributed by atoms with Gasteiger partial charge in [-0.15, -0.1) is 0 Å². The zero-order valence-electron chi connectivity index (χ0n) is 10.0. The lowest BCUT2D eigenvalue weighted by Gasteiger charge is -2.20. The van der Waals surface area contributed by atoms with Gasteiger partial charge in [0.2, 0.25) is 0 Å². The third-order valence-electron chi connectivity index (χ3n) is 2.49. The van der Waals surface area contributed by atoms with Gasteiger partial charge in [-0.2, -0.15) is 0 Å². The molecule has 1 heterocycles. The number of hydrogen-bond acceptors (Lipinski definition) is 5. The van der Waals surface area contributed by atoms with Crippen molar-refractivity contribution in [2.45, 2.75) is 38.5 Å². The number of aliphatic imine (C=N–C) groups is 1. The predicted octanol–water partition coefficient (Wildman–Crippen LogP) is 2.38. The van der Waals surface area contributed by atoms with E-state index in [-0.39, 0.29) is 4.87 Å². The molecule has 1 aliphatic rings. The molecule has 0 saturated heterocycles. The van der Waals surface area contributed by atoms with Gasteiger partial charge in [0.05, 0.1) is 5.71 Å². The molecule has 5 nitrogen and oxygen atoms in total. The summed E-state index contributed by atoms with van der Waals surface area (Å²) in [4.78, 5) is 20.0. The van der Waals surface area contributed by atoms with Gasteiger partial charge in [0, 0.05) is 7.05 Å². The van der Waals surface area contributed by atoms with E-state index in [4.69, 9.17) is 0 Å². The molecule has 0 aromatic heterocycles. The lowest BCUT2D eigenvalue weighted by molar-refractivity contribution is 0.154. The van der Waals surface area contributed by atoms with E-state index in [0.29, 0.717) is 5.04 Å². The highest BCUT2D eigenvalue weighted by molar-refractivity contribution is 8.17. The van der Waals surface area contributed by atoms with Crippen molar-refractivity contribution in [2.75, 3.05) is 7.05 Å². The molecular formula is C10H17N3O2S. The molecule has 0 spiro atoms. The number of carbonyl (C=O) groups excluding carboxylic acids is 1. The molecule has 0 saturated carbocycles. The van der Waals surface area contributed by atoms with Crippen molar-refractivity contribution in [3.05, 3.63) is 0 Å². The predicted molar refractivity (Wildman–Crippen MR) is 67.0 cm³/mol. The number of oxime groups is 1. The lowest BCUT2D eigenvalue weighted by Crippen LogP contribution is -2.18. The van der Waals surface area contributed by atoms with Crippen LogP contribution in [0.5, 0.6) is 0 Å². The molecule has 1 rings (SSSR count). The maximum Gasteiger partial charge on any atom is 0.433 e. The highest BCUT2D eigenvalue weighted by atomic mass is 32.2. The van der Waals surface area contributed by atoms with Crippen molar-refractivity contribution >= 4 is 28.6 Å². The molecule has 0 fully saturated rings. The van der Waals surface area contributed by atoms with Gasteiger partial charge in [-0.1, -0.05) is 30.8 Å². The molecule has 0 radical (unpaired) electrons. The molecule has 0 aliphatic carbocycles. The van der Waals surface area contributed by atoms with Crippen LogP contribution in [0.3, 0.4) is 0 Å². The first-order chi connectivity index (χ1) is 7.56. The van der Waals surface area contributed by atoms with Crippen molar-refractivity contribution in [3.63, 3.8) is 0 Å². The fraction of sp³-hybridized carbons (Fsp3) is 0.700. The first-order valence-electron chi connectivity index (χ1n) is 5.29. The molecule has 90 valence electrons. The maximum atomic E-state index is 10.9. The number of thioether (sulfide) groups is 1. The van der Waals surface area contributed by atoms with E-state index in [0.717, 1.165) is 18.6 Å². The summed E-state index contributed by atoms with van der Waals surface area (Å²) in [5.74, 6) is 0. The average molecular weight is 243 g/mol. The van der Waals surface area contributed by atoms with Crippen molar-refractivity contribution < 1.29 is 9.63 Å². The fourth-order valence-electron chi connectivity index (χ4n) is 1.40. The largest absolute Gasteiger partial charge is 0.433 e. The van der Waals surface area contributed by atoms with Gasteiger partial charge in [-0.3, -0.25) is 9.83 Å². The fourth-order valence-corrected chi connectivity index (χ4v) is 2.49. The van der Waals surface area contributed by atoms with E-state index in [2.05, 4.69) is 34.1 Å². The van der Waals surface area contributed by atoms with Crippen LogP contribution in [0.15, 0.2) is 10.1 Å². The molecule has 1 amide bonds. The number of rotatable bonds is 3. The third kappa shape index (κ3) is 2.75. The second-order valence-electron chi connectivity index (χ2n) is 3.48. The molecule has 0 bridgehead atoms. The van der Waals surface area contributed by atoms with Crippen LogP contribution in [0.4, 0.5) is 4.79 Å². The SMILES string of the molecule is CCC1(CC)N=C(C)C(=NOC(=O)NC)S1. The Bertz CT molecular complexity index is 335. The van der Waals surface area contributed by atoms with E-state index in [1.54, 1.807) is 11.8 Å². The van der Waals surface area contributed by atoms with Crippen LogP contribution in [-0.4, -0.2) is 28.8 Å². The third-order valence-corrected chi connectivity index (χ3v) is 4.10. The van der Waals surface area contributed by atoms with E-state index >= 15 is 0 Å². The van der Waals surface area contributed by atoms with E-state index in [1.807, 2.05) is 6.92 Å². The zero-order chi connectivity index (χ0) is 12.2. The summed E-state index contributed by atoms with van der Waals surface area (Å²) in [7, 11) is 1.49. The van der Waals surface area contributed by atoms with Crippen LogP contribution >= 0.6 is 11.8 Å². The Hall–Kier alpha value is -1.04. The Balaban J connectivity index is 2.74. The summed E-state index contributed by atoms with van der Waals surface area (Å²) in [5, 5.41) is 6.83.